The molecule has 5 N–H and O–H groups in total. The molecule has 0 aliphatic heterocycles. The Morgan fingerprint density at radius 1 is 1.06 bits per heavy atom. The molecular formula is C18H21Cl2IN6O4. The number of aromatic amines is 1. The largest absolute Gasteiger partial charge is 0.618 e. The van der Waals surface area contributed by atoms with Gasteiger partial charge in [-0.05, 0) is 49.6 Å². The Bertz CT molecular complexity index is 1110. The summed E-state index contributed by atoms with van der Waals surface area (Å²) < 4.78 is 0.379. The summed E-state index contributed by atoms with van der Waals surface area (Å²) in [7, 11) is 0. The number of hydrogen-bond donors (Lipinski definition) is 3. The number of nitrogens with one attached hydrogen (secondary N) is 1. The van der Waals surface area contributed by atoms with Gasteiger partial charge < -0.3 is 21.7 Å². The molecule has 0 amide bonds. The summed E-state index contributed by atoms with van der Waals surface area (Å²) in [5, 5.41) is 21.3. The standard InChI is InChI=1S/C6H5ClN2O3.C6H7ClN2.C6H8N2O.HI/c1-4-3-8(10)6(7)2-5(4)9(11)12;1-4-3-9-6(7)2-5(4)8;1-4-3-8-6(9)2-5(4)7;/h2-3H,1H3;2-3H,1H3,(H2,8,9);2-3H,1H3,(H3,7,8,9);1H. The van der Waals surface area contributed by atoms with Crippen LogP contribution in [0.15, 0.2) is 41.6 Å². The third-order valence-electron chi connectivity index (χ3n) is 3.66. The van der Waals surface area contributed by atoms with Crippen LogP contribution in [0.2, 0.25) is 10.3 Å². The Morgan fingerprint density at radius 2 is 1.65 bits per heavy atom. The van der Waals surface area contributed by atoms with E-state index in [2.05, 4.69) is 9.97 Å². The number of H-pyrrole nitrogens is 1. The maximum absolute atomic E-state index is 10.8. The second kappa shape index (κ2) is 12.9. The number of aryl methyl sites for hydroxylation is 3. The number of hydrogen-bond acceptors (Lipinski definition) is 7. The normalized spacial score (nSPS) is 9.32. The lowest BCUT2D eigenvalue weighted by atomic mass is 10.3. The van der Waals surface area contributed by atoms with Gasteiger partial charge >= 0.3 is 0 Å². The Kier molecular flexibility index (Phi) is 11.8. The zero-order valence-corrected chi connectivity index (χ0v) is 20.6. The molecule has 3 rings (SSSR count). The smallest absolute Gasteiger partial charge is 0.293 e. The summed E-state index contributed by atoms with van der Waals surface area (Å²) >= 11 is 10.9. The molecule has 0 aromatic carbocycles. The highest BCUT2D eigenvalue weighted by atomic mass is 127. The fourth-order valence-electron chi connectivity index (χ4n) is 1.86. The summed E-state index contributed by atoms with van der Waals surface area (Å²) in [4.78, 5) is 26.6. The van der Waals surface area contributed by atoms with Gasteiger partial charge in [-0.1, -0.05) is 11.6 Å². The van der Waals surface area contributed by atoms with E-state index in [0.29, 0.717) is 26.8 Å². The van der Waals surface area contributed by atoms with Gasteiger partial charge in [0.2, 0.25) is 5.56 Å². The van der Waals surface area contributed by atoms with Gasteiger partial charge in [0.15, 0.2) is 6.20 Å². The Balaban J connectivity index is 0.000000435. The predicted octanol–water partition coefficient (Wildman–Crippen LogP) is 3.70. The van der Waals surface area contributed by atoms with Crippen molar-refractivity contribution in [2.24, 2.45) is 0 Å². The van der Waals surface area contributed by atoms with Crippen LogP contribution in [0.5, 0.6) is 0 Å². The van der Waals surface area contributed by atoms with Gasteiger partial charge in [0.25, 0.3) is 10.8 Å². The van der Waals surface area contributed by atoms with Gasteiger partial charge in [-0.15, -0.1) is 24.0 Å². The lowest BCUT2D eigenvalue weighted by molar-refractivity contribution is -0.604. The van der Waals surface area contributed by atoms with E-state index in [-0.39, 0.29) is 40.4 Å². The van der Waals surface area contributed by atoms with Gasteiger partial charge in [-0.3, -0.25) is 14.9 Å². The van der Waals surface area contributed by atoms with Crippen molar-refractivity contribution in [3.05, 3.63) is 89.5 Å². The van der Waals surface area contributed by atoms with Gasteiger partial charge in [0.1, 0.15) is 11.2 Å². The number of nitrogen functional groups attached to an aromatic ring is 2. The van der Waals surface area contributed by atoms with Crippen LogP contribution in [0.4, 0.5) is 17.1 Å². The summed E-state index contributed by atoms with van der Waals surface area (Å²) in [5.74, 6) is 0. The van der Waals surface area contributed by atoms with Crippen LogP contribution in [-0.2, 0) is 0 Å². The van der Waals surface area contributed by atoms with Crippen LogP contribution in [0.3, 0.4) is 0 Å². The van der Waals surface area contributed by atoms with E-state index in [4.69, 9.17) is 34.7 Å². The molecule has 13 heteroatoms. The monoisotopic (exact) mass is 582 g/mol. The lowest BCUT2D eigenvalue weighted by Crippen LogP contribution is -2.27. The van der Waals surface area contributed by atoms with Crippen LogP contribution >= 0.6 is 47.2 Å². The summed E-state index contributed by atoms with van der Waals surface area (Å²) in [6.07, 6.45) is 4.32. The van der Waals surface area contributed by atoms with E-state index in [0.717, 1.165) is 23.4 Å². The first-order valence-electron chi connectivity index (χ1n) is 8.28. The molecule has 3 aromatic heterocycles. The van der Waals surface area contributed by atoms with Crippen molar-refractivity contribution in [3.8, 4) is 0 Å². The zero-order chi connectivity index (χ0) is 23.0. The van der Waals surface area contributed by atoms with E-state index in [9.17, 15) is 20.1 Å². The van der Waals surface area contributed by atoms with Crippen LogP contribution in [0.25, 0.3) is 0 Å². The number of nitrogens with zero attached hydrogens (tertiary/aromatic N) is 3. The zero-order valence-electron chi connectivity index (χ0n) is 16.8. The molecule has 3 aromatic rings. The minimum absolute atomic E-state index is 0. The van der Waals surface area contributed by atoms with Crippen molar-refractivity contribution in [2.45, 2.75) is 20.8 Å². The predicted molar refractivity (Wildman–Crippen MR) is 132 cm³/mol. The molecule has 0 saturated heterocycles. The fraction of sp³-hybridized carbons (Fsp3) is 0.167. The van der Waals surface area contributed by atoms with Crippen LogP contribution in [0.1, 0.15) is 16.7 Å². The maximum atomic E-state index is 10.8. The maximum Gasteiger partial charge on any atom is 0.293 e. The lowest BCUT2D eigenvalue weighted by Gasteiger charge is -1.99. The molecule has 0 radical (unpaired) electrons. The number of aromatic nitrogens is 3. The van der Waals surface area contributed by atoms with Crippen molar-refractivity contribution < 1.29 is 9.65 Å². The van der Waals surface area contributed by atoms with Crippen molar-refractivity contribution in [1.82, 2.24) is 9.97 Å². The number of anilines is 2. The molecule has 3 heterocycles. The van der Waals surface area contributed by atoms with Crippen LogP contribution in [0, 0.1) is 36.1 Å². The molecule has 0 atom stereocenters. The molecule has 168 valence electrons. The number of nitro groups is 1. The second-order valence-electron chi connectivity index (χ2n) is 6.05. The van der Waals surface area contributed by atoms with Crippen molar-refractivity contribution >= 4 is 64.2 Å². The van der Waals surface area contributed by atoms with Gasteiger partial charge in [-0.2, -0.15) is 4.73 Å². The highest BCUT2D eigenvalue weighted by Crippen LogP contribution is 2.18. The Labute approximate surface area is 205 Å². The molecule has 0 unspecified atom stereocenters. The van der Waals surface area contributed by atoms with E-state index in [1.807, 2.05) is 13.8 Å². The molecule has 31 heavy (non-hydrogen) atoms. The summed E-state index contributed by atoms with van der Waals surface area (Å²) in [6.45, 7) is 5.20. The quantitative estimate of drug-likeness (QED) is 0.0981. The fourth-order valence-corrected chi connectivity index (χ4v) is 2.18. The number of halogens is 3. The molecule has 0 bridgehead atoms. The first-order valence-corrected chi connectivity index (χ1v) is 9.04. The molecule has 0 aliphatic carbocycles. The van der Waals surface area contributed by atoms with Crippen molar-refractivity contribution in [1.29, 1.82) is 0 Å². The van der Waals surface area contributed by atoms with E-state index in [1.54, 1.807) is 18.5 Å². The molecular weight excluding hydrogens is 562 g/mol. The SMILES string of the molecule is Cc1c[n+]([O-])c(Cl)cc1[N+](=O)[O-].Cc1c[nH]c(=O)cc1N.Cc1cnc(Cl)cc1N.I. The molecule has 0 fully saturated rings. The molecule has 0 aliphatic rings. The number of nitrogens with two attached hydrogens (primary N) is 2. The van der Waals surface area contributed by atoms with Crippen molar-refractivity contribution in [2.75, 3.05) is 11.5 Å². The second-order valence-corrected chi connectivity index (χ2v) is 6.82. The molecule has 10 nitrogen and oxygen atoms in total. The average molecular weight is 583 g/mol. The Morgan fingerprint density at radius 3 is 2.10 bits per heavy atom. The first-order chi connectivity index (χ1) is 13.9. The van der Waals surface area contributed by atoms with Gasteiger partial charge in [0, 0.05) is 29.8 Å². The number of pyridine rings is 3. The van der Waals surface area contributed by atoms with Gasteiger partial charge in [-0.25, -0.2) is 4.98 Å². The Hall–Kier alpha value is -2.64. The van der Waals surface area contributed by atoms with Crippen LogP contribution in [-0.4, -0.2) is 14.9 Å². The summed E-state index contributed by atoms with van der Waals surface area (Å²) in [5.41, 5.74) is 14.0. The van der Waals surface area contributed by atoms with E-state index >= 15 is 0 Å². The minimum atomic E-state index is -0.582. The highest BCUT2D eigenvalue weighted by molar-refractivity contribution is 14.0. The highest BCUT2D eigenvalue weighted by Gasteiger charge is 2.16. The molecule has 0 spiro atoms. The van der Waals surface area contributed by atoms with Gasteiger partial charge in [0.05, 0.1) is 10.5 Å². The molecule has 0 saturated carbocycles. The topological polar surface area (TPSA) is 168 Å². The third kappa shape index (κ3) is 9.36. The third-order valence-corrected chi connectivity index (χ3v) is 4.14. The first kappa shape index (κ1) is 28.4. The average Bonchev–Trinajstić information content (AvgIpc) is 2.66. The van der Waals surface area contributed by atoms with Crippen LogP contribution < -0.4 is 21.8 Å². The minimum Gasteiger partial charge on any atom is -0.618 e. The van der Waals surface area contributed by atoms with E-state index < -0.39 is 4.92 Å². The summed E-state index contributed by atoms with van der Waals surface area (Å²) in [6, 6.07) is 4.04. The van der Waals surface area contributed by atoms with Crippen molar-refractivity contribution in [3.63, 3.8) is 0 Å². The van der Waals surface area contributed by atoms with E-state index in [1.165, 1.54) is 13.0 Å². The number of rotatable bonds is 1.